The standard InChI is InChI=1S/C16H14F2N2O4/c1-22-15(21)9-5-6-12(11(19)7-9)20-8-10-3-2-4-13-14(10)24-16(17,18)23-13/h2-7,20H,8,19H2,1H3. The van der Waals surface area contributed by atoms with E-state index in [9.17, 15) is 13.6 Å². The van der Waals surface area contributed by atoms with Crippen LogP contribution in [-0.2, 0) is 11.3 Å². The second-order valence-electron chi connectivity index (χ2n) is 5.06. The number of esters is 1. The number of methoxy groups -OCH3 is 1. The molecule has 24 heavy (non-hydrogen) atoms. The zero-order chi connectivity index (χ0) is 17.3. The highest BCUT2D eigenvalue weighted by Gasteiger charge is 2.44. The maximum Gasteiger partial charge on any atom is 0.586 e. The first-order valence-electron chi connectivity index (χ1n) is 6.99. The second-order valence-corrected chi connectivity index (χ2v) is 5.06. The highest BCUT2D eigenvalue weighted by molar-refractivity contribution is 5.91. The summed E-state index contributed by atoms with van der Waals surface area (Å²) in [5.74, 6) is -0.532. The van der Waals surface area contributed by atoms with Crippen LogP contribution in [0.3, 0.4) is 0 Å². The molecule has 1 heterocycles. The van der Waals surface area contributed by atoms with E-state index in [1.165, 1.54) is 19.2 Å². The van der Waals surface area contributed by atoms with E-state index in [1.807, 2.05) is 0 Å². The fraction of sp³-hybridized carbons (Fsp3) is 0.188. The summed E-state index contributed by atoms with van der Waals surface area (Å²) in [4.78, 5) is 11.4. The van der Waals surface area contributed by atoms with Crippen molar-refractivity contribution in [2.75, 3.05) is 18.2 Å². The molecule has 0 saturated carbocycles. The van der Waals surface area contributed by atoms with E-state index in [1.54, 1.807) is 24.3 Å². The van der Waals surface area contributed by atoms with Crippen molar-refractivity contribution in [2.24, 2.45) is 0 Å². The van der Waals surface area contributed by atoms with E-state index in [0.717, 1.165) is 0 Å². The van der Waals surface area contributed by atoms with Crippen molar-refractivity contribution >= 4 is 17.3 Å². The average Bonchev–Trinajstić information content (AvgIpc) is 2.87. The van der Waals surface area contributed by atoms with Gasteiger partial charge in [0.25, 0.3) is 0 Å². The molecule has 0 unspecified atom stereocenters. The molecule has 0 saturated heterocycles. The Morgan fingerprint density at radius 1 is 1.29 bits per heavy atom. The molecule has 0 amide bonds. The molecular formula is C16H14F2N2O4. The van der Waals surface area contributed by atoms with Crippen molar-refractivity contribution in [3.05, 3.63) is 47.5 Å². The van der Waals surface area contributed by atoms with Gasteiger partial charge in [-0.1, -0.05) is 12.1 Å². The van der Waals surface area contributed by atoms with Gasteiger partial charge in [0.2, 0.25) is 0 Å². The van der Waals surface area contributed by atoms with Gasteiger partial charge in [-0.25, -0.2) is 4.79 Å². The Hall–Kier alpha value is -3.03. The van der Waals surface area contributed by atoms with Gasteiger partial charge in [-0.2, -0.15) is 0 Å². The lowest BCUT2D eigenvalue weighted by molar-refractivity contribution is -0.286. The molecule has 0 aliphatic carbocycles. The molecular weight excluding hydrogens is 322 g/mol. The van der Waals surface area contributed by atoms with Gasteiger partial charge in [0, 0.05) is 12.1 Å². The van der Waals surface area contributed by atoms with Crippen molar-refractivity contribution in [3.8, 4) is 11.5 Å². The molecule has 2 aromatic carbocycles. The zero-order valence-electron chi connectivity index (χ0n) is 12.6. The number of rotatable bonds is 4. The third kappa shape index (κ3) is 3.03. The largest absolute Gasteiger partial charge is 0.586 e. The Balaban J connectivity index is 1.76. The number of para-hydroxylation sites is 1. The van der Waals surface area contributed by atoms with Crippen LogP contribution in [-0.4, -0.2) is 19.4 Å². The smallest absolute Gasteiger partial charge is 0.465 e. The van der Waals surface area contributed by atoms with Crippen LogP contribution in [0.1, 0.15) is 15.9 Å². The number of carbonyl (C=O) groups excluding carboxylic acids is 1. The van der Waals surface area contributed by atoms with E-state index in [4.69, 9.17) is 5.73 Å². The number of anilines is 2. The van der Waals surface area contributed by atoms with Gasteiger partial charge >= 0.3 is 12.3 Å². The average molecular weight is 336 g/mol. The van der Waals surface area contributed by atoms with Gasteiger partial charge < -0.3 is 25.3 Å². The van der Waals surface area contributed by atoms with Crippen molar-refractivity contribution in [1.82, 2.24) is 0 Å². The Labute approximate surface area is 136 Å². The van der Waals surface area contributed by atoms with Crippen molar-refractivity contribution in [1.29, 1.82) is 0 Å². The lowest BCUT2D eigenvalue weighted by Crippen LogP contribution is -2.26. The Morgan fingerprint density at radius 2 is 2.08 bits per heavy atom. The number of ether oxygens (including phenoxy) is 3. The maximum atomic E-state index is 13.2. The summed E-state index contributed by atoms with van der Waals surface area (Å²) >= 11 is 0. The Morgan fingerprint density at radius 3 is 2.79 bits per heavy atom. The SMILES string of the molecule is COC(=O)c1ccc(NCc2cccc3c2OC(F)(F)O3)c(N)c1. The molecule has 6 nitrogen and oxygen atoms in total. The van der Waals surface area contributed by atoms with Crippen LogP contribution in [0.4, 0.5) is 20.2 Å². The van der Waals surface area contributed by atoms with Gasteiger partial charge in [-0.05, 0) is 24.3 Å². The minimum Gasteiger partial charge on any atom is -0.465 e. The number of carbonyl (C=O) groups is 1. The third-order valence-corrected chi connectivity index (χ3v) is 3.45. The Bertz CT molecular complexity index is 796. The minimum absolute atomic E-state index is 0.0141. The monoisotopic (exact) mass is 336 g/mol. The van der Waals surface area contributed by atoms with Crippen LogP contribution >= 0.6 is 0 Å². The van der Waals surface area contributed by atoms with Crippen molar-refractivity contribution in [3.63, 3.8) is 0 Å². The van der Waals surface area contributed by atoms with Crippen LogP contribution in [0, 0.1) is 0 Å². The van der Waals surface area contributed by atoms with Crippen molar-refractivity contribution < 1.29 is 27.8 Å². The first-order valence-corrected chi connectivity index (χ1v) is 6.99. The maximum absolute atomic E-state index is 13.2. The molecule has 8 heteroatoms. The summed E-state index contributed by atoms with van der Waals surface area (Å²) < 4.78 is 39.9. The van der Waals surface area contributed by atoms with E-state index in [-0.39, 0.29) is 18.0 Å². The highest BCUT2D eigenvalue weighted by atomic mass is 19.3. The van der Waals surface area contributed by atoms with Crippen LogP contribution in [0.25, 0.3) is 0 Å². The predicted molar refractivity (Wildman–Crippen MR) is 82.2 cm³/mol. The number of nitrogen functional groups attached to an aromatic ring is 1. The molecule has 126 valence electrons. The predicted octanol–water partition coefficient (Wildman–Crippen LogP) is 2.99. The lowest BCUT2D eigenvalue weighted by atomic mass is 10.1. The van der Waals surface area contributed by atoms with Crippen LogP contribution in [0.2, 0.25) is 0 Å². The molecule has 2 aromatic rings. The zero-order valence-corrected chi connectivity index (χ0v) is 12.6. The summed E-state index contributed by atoms with van der Waals surface area (Å²) in [6, 6.07) is 9.25. The van der Waals surface area contributed by atoms with Crippen LogP contribution < -0.4 is 20.5 Å². The fourth-order valence-electron chi connectivity index (χ4n) is 2.32. The lowest BCUT2D eigenvalue weighted by Gasteiger charge is -2.12. The quantitative estimate of drug-likeness (QED) is 0.660. The van der Waals surface area contributed by atoms with Gasteiger partial charge in [-0.15, -0.1) is 8.78 Å². The van der Waals surface area contributed by atoms with E-state index in [0.29, 0.717) is 22.5 Å². The molecule has 0 spiro atoms. The second kappa shape index (κ2) is 5.88. The number of nitrogens with one attached hydrogen (secondary N) is 1. The van der Waals surface area contributed by atoms with Crippen molar-refractivity contribution in [2.45, 2.75) is 12.8 Å². The number of nitrogens with two attached hydrogens (primary N) is 1. The van der Waals surface area contributed by atoms with Crippen LogP contribution in [0.5, 0.6) is 11.5 Å². The first kappa shape index (κ1) is 15.9. The normalized spacial score (nSPS) is 14.3. The fourth-order valence-corrected chi connectivity index (χ4v) is 2.32. The molecule has 1 aliphatic rings. The van der Waals surface area contributed by atoms with Gasteiger partial charge in [0.15, 0.2) is 11.5 Å². The summed E-state index contributed by atoms with van der Waals surface area (Å²) in [5, 5.41) is 3.01. The third-order valence-electron chi connectivity index (χ3n) is 3.45. The summed E-state index contributed by atoms with van der Waals surface area (Å²) in [7, 11) is 1.28. The van der Waals surface area contributed by atoms with E-state index in [2.05, 4.69) is 19.5 Å². The first-order chi connectivity index (χ1) is 11.4. The van der Waals surface area contributed by atoms with Gasteiger partial charge in [0.05, 0.1) is 24.0 Å². The minimum atomic E-state index is -3.67. The molecule has 3 N–H and O–H groups in total. The molecule has 1 aliphatic heterocycles. The number of benzene rings is 2. The molecule has 0 fully saturated rings. The molecule has 0 atom stereocenters. The van der Waals surface area contributed by atoms with E-state index < -0.39 is 12.3 Å². The molecule has 0 aromatic heterocycles. The van der Waals surface area contributed by atoms with Gasteiger partial charge in [0.1, 0.15) is 0 Å². The summed E-state index contributed by atoms with van der Waals surface area (Å²) in [6.45, 7) is 0.185. The Kier molecular flexibility index (Phi) is 3.88. The van der Waals surface area contributed by atoms with E-state index >= 15 is 0 Å². The summed E-state index contributed by atoms with van der Waals surface area (Å²) in [6.07, 6.45) is -3.67. The number of hydrogen-bond acceptors (Lipinski definition) is 6. The number of fused-ring (bicyclic) bond motifs is 1. The summed E-state index contributed by atoms with van der Waals surface area (Å²) in [5.41, 5.74) is 7.57. The number of hydrogen-bond donors (Lipinski definition) is 2. The molecule has 3 rings (SSSR count). The van der Waals surface area contributed by atoms with Crippen LogP contribution in [0.15, 0.2) is 36.4 Å². The molecule has 0 radical (unpaired) electrons. The number of halogens is 2. The topological polar surface area (TPSA) is 82.8 Å². The highest BCUT2D eigenvalue weighted by Crippen LogP contribution is 2.43. The van der Waals surface area contributed by atoms with Gasteiger partial charge in [-0.3, -0.25) is 0 Å². The number of alkyl halides is 2. The molecule has 0 bridgehead atoms.